The fourth-order valence-corrected chi connectivity index (χ4v) is 4.65. The van der Waals surface area contributed by atoms with E-state index >= 15 is 0 Å². The molecule has 0 unspecified atom stereocenters. The zero-order chi connectivity index (χ0) is 16.0. The molecule has 3 aliphatic rings. The monoisotopic (exact) mass is 324 g/mol. The summed E-state index contributed by atoms with van der Waals surface area (Å²) in [6.07, 6.45) is 11.2. The van der Waals surface area contributed by atoms with Crippen LogP contribution >= 0.6 is 0 Å². The standard InChI is InChI=1S/C19H36N2O2/c22-19(8-2-1-3-9-19)17-21-11-6-18(7-12-21)5-4-10-20-13-15-23-16-14-20/h18,22H,1-17H2. The normalized spacial score (nSPS) is 28.0. The summed E-state index contributed by atoms with van der Waals surface area (Å²) in [6.45, 7) is 8.66. The highest BCUT2D eigenvalue weighted by molar-refractivity contribution is 4.87. The summed E-state index contributed by atoms with van der Waals surface area (Å²) in [7, 11) is 0. The molecule has 1 N–H and O–H groups in total. The van der Waals surface area contributed by atoms with E-state index in [4.69, 9.17) is 4.74 Å². The van der Waals surface area contributed by atoms with Crippen molar-refractivity contribution in [2.45, 2.75) is 63.4 Å². The lowest BCUT2D eigenvalue weighted by atomic mass is 9.83. The molecule has 0 aromatic rings. The highest BCUT2D eigenvalue weighted by Crippen LogP contribution is 2.30. The molecule has 3 rings (SSSR count). The Hall–Kier alpha value is -0.160. The van der Waals surface area contributed by atoms with Crippen molar-refractivity contribution in [1.82, 2.24) is 9.80 Å². The fourth-order valence-electron chi connectivity index (χ4n) is 4.65. The van der Waals surface area contributed by atoms with Gasteiger partial charge in [-0.15, -0.1) is 0 Å². The number of nitrogens with zero attached hydrogens (tertiary/aromatic N) is 2. The van der Waals surface area contributed by atoms with Crippen molar-refractivity contribution in [1.29, 1.82) is 0 Å². The highest BCUT2D eigenvalue weighted by atomic mass is 16.5. The van der Waals surface area contributed by atoms with Gasteiger partial charge in [-0.1, -0.05) is 19.3 Å². The first-order valence-corrected chi connectivity index (χ1v) is 9.98. The number of β-amino-alcohol motifs (C(OH)–C–C–N with tert-alkyl or cyclic N) is 1. The number of ether oxygens (including phenoxy) is 1. The predicted octanol–water partition coefficient (Wildman–Crippen LogP) is 2.51. The largest absolute Gasteiger partial charge is 0.389 e. The Morgan fingerprint density at radius 3 is 2.30 bits per heavy atom. The van der Waals surface area contributed by atoms with Crippen molar-refractivity contribution >= 4 is 0 Å². The number of hydrogen-bond donors (Lipinski definition) is 1. The van der Waals surface area contributed by atoms with Crippen LogP contribution in [0.4, 0.5) is 0 Å². The van der Waals surface area contributed by atoms with Crippen LogP contribution in [0.15, 0.2) is 0 Å². The van der Waals surface area contributed by atoms with Gasteiger partial charge in [-0.25, -0.2) is 0 Å². The molecule has 0 bridgehead atoms. The Balaban J connectivity index is 1.29. The maximum absolute atomic E-state index is 10.7. The smallest absolute Gasteiger partial charge is 0.0774 e. The molecule has 3 fully saturated rings. The van der Waals surface area contributed by atoms with E-state index < -0.39 is 0 Å². The van der Waals surface area contributed by atoms with E-state index in [-0.39, 0.29) is 5.60 Å². The van der Waals surface area contributed by atoms with E-state index in [9.17, 15) is 5.11 Å². The fraction of sp³-hybridized carbons (Fsp3) is 1.00. The molecule has 0 radical (unpaired) electrons. The van der Waals surface area contributed by atoms with Crippen LogP contribution in [0.3, 0.4) is 0 Å². The van der Waals surface area contributed by atoms with Gasteiger partial charge in [0, 0.05) is 19.6 Å². The van der Waals surface area contributed by atoms with E-state index in [0.717, 1.165) is 51.6 Å². The Morgan fingerprint density at radius 1 is 0.913 bits per heavy atom. The second-order valence-electron chi connectivity index (χ2n) is 8.10. The van der Waals surface area contributed by atoms with Crippen LogP contribution in [0.25, 0.3) is 0 Å². The number of hydrogen-bond acceptors (Lipinski definition) is 4. The molecule has 2 saturated heterocycles. The molecular weight excluding hydrogens is 288 g/mol. The van der Waals surface area contributed by atoms with Crippen LogP contribution in [-0.4, -0.2) is 73.0 Å². The van der Waals surface area contributed by atoms with Crippen molar-refractivity contribution in [3.63, 3.8) is 0 Å². The number of piperidine rings is 1. The minimum absolute atomic E-state index is 0.374. The molecular formula is C19H36N2O2. The first kappa shape index (κ1) is 17.7. The Bertz CT molecular complexity index is 330. The van der Waals surface area contributed by atoms with Crippen LogP contribution in [0.2, 0.25) is 0 Å². The maximum atomic E-state index is 10.7. The minimum atomic E-state index is -0.374. The van der Waals surface area contributed by atoms with E-state index in [1.54, 1.807) is 0 Å². The van der Waals surface area contributed by atoms with Gasteiger partial charge in [-0.2, -0.15) is 0 Å². The lowest BCUT2D eigenvalue weighted by Crippen LogP contribution is -2.47. The summed E-state index contributed by atoms with van der Waals surface area (Å²) in [5.74, 6) is 0.910. The van der Waals surface area contributed by atoms with E-state index in [0.29, 0.717) is 0 Å². The zero-order valence-corrected chi connectivity index (χ0v) is 14.8. The zero-order valence-electron chi connectivity index (χ0n) is 14.8. The van der Waals surface area contributed by atoms with Gasteiger partial charge in [0.15, 0.2) is 0 Å². The summed E-state index contributed by atoms with van der Waals surface area (Å²) >= 11 is 0. The first-order chi connectivity index (χ1) is 11.2. The Labute approximate surface area is 142 Å². The maximum Gasteiger partial charge on any atom is 0.0774 e. The highest BCUT2D eigenvalue weighted by Gasteiger charge is 2.32. The second-order valence-corrected chi connectivity index (χ2v) is 8.10. The number of morpholine rings is 1. The number of likely N-dealkylation sites (tertiary alicyclic amines) is 1. The minimum Gasteiger partial charge on any atom is -0.389 e. The molecule has 23 heavy (non-hydrogen) atoms. The topological polar surface area (TPSA) is 35.9 Å². The van der Waals surface area contributed by atoms with Crippen LogP contribution in [-0.2, 0) is 4.74 Å². The first-order valence-electron chi connectivity index (χ1n) is 9.98. The van der Waals surface area contributed by atoms with Gasteiger partial charge in [0.25, 0.3) is 0 Å². The van der Waals surface area contributed by atoms with Crippen LogP contribution in [0, 0.1) is 5.92 Å². The van der Waals surface area contributed by atoms with Gasteiger partial charge >= 0.3 is 0 Å². The molecule has 0 aromatic carbocycles. The van der Waals surface area contributed by atoms with Gasteiger partial charge in [0.05, 0.1) is 18.8 Å². The molecule has 1 aliphatic carbocycles. The van der Waals surface area contributed by atoms with Gasteiger partial charge in [0.2, 0.25) is 0 Å². The lowest BCUT2D eigenvalue weighted by molar-refractivity contribution is -0.0330. The molecule has 2 aliphatic heterocycles. The summed E-state index contributed by atoms with van der Waals surface area (Å²) in [6, 6.07) is 0. The van der Waals surface area contributed by atoms with Gasteiger partial charge in [0.1, 0.15) is 0 Å². The van der Waals surface area contributed by atoms with E-state index in [2.05, 4.69) is 9.80 Å². The molecule has 1 saturated carbocycles. The van der Waals surface area contributed by atoms with Crippen LogP contribution in [0.5, 0.6) is 0 Å². The van der Waals surface area contributed by atoms with Crippen LogP contribution < -0.4 is 0 Å². The third-order valence-electron chi connectivity index (χ3n) is 6.20. The number of rotatable bonds is 6. The van der Waals surface area contributed by atoms with Crippen molar-refractivity contribution in [3.8, 4) is 0 Å². The van der Waals surface area contributed by atoms with Gasteiger partial charge < -0.3 is 14.7 Å². The quantitative estimate of drug-likeness (QED) is 0.814. The molecule has 134 valence electrons. The summed E-state index contributed by atoms with van der Waals surface area (Å²) < 4.78 is 5.41. The molecule has 2 heterocycles. The van der Waals surface area contributed by atoms with Crippen molar-refractivity contribution in [2.24, 2.45) is 5.92 Å². The molecule has 0 spiro atoms. The SMILES string of the molecule is OC1(CN2CCC(CCCN3CCOCC3)CC2)CCCCC1. The van der Waals surface area contributed by atoms with Gasteiger partial charge in [-0.05, 0) is 64.1 Å². The summed E-state index contributed by atoms with van der Waals surface area (Å²) in [5.41, 5.74) is -0.374. The summed E-state index contributed by atoms with van der Waals surface area (Å²) in [5, 5.41) is 10.7. The molecule has 0 atom stereocenters. The average Bonchev–Trinajstić information content (AvgIpc) is 2.58. The van der Waals surface area contributed by atoms with E-state index in [1.807, 2.05) is 0 Å². The number of aliphatic hydroxyl groups is 1. The lowest BCUT2D eigenvalue weighted by Gasteiger charge is -2.40. The third-order valence-corrected chi connectivity index (χ3v) is 6.20. The predicted molar refractivity (Wildman–Crippen MR) is 93.7 cm³/mol. The molecule has 0 amide bonds. The van der Waals surface area contributed by atoms with Crippen molar-refractivity contribution in [3.05, 3.63) is 0 Å². The van der Waals surface area contributed by atoms with Crippen LogP contribution in [0.1, 0.15) is 57.8 Å². The van der Waals surface area contributed by atoms with E-state index in [1.165, 1.54) is 64.6 Å². The third kappa shape index (κ3) is 5.70. The second kappa shape index (κ2) is 8.80. The molecule has 0 aromatic heterocycles. The van der Waals surface area contributed by atoms with Gasteiger partial charge in [-0.3, -0.25) is 4.90 Å². The molecule has 4 nitrogen and oxygen atoms in total. The Kier molecular flexibility index (Phi) is 6.75. The summed E-state index contributed by atoms with van der Waals surface area (Å²) in [4.78, 5) is 5.08. The average molecular weight is 325 g/mol. The molecule has 4 heteroatoms. The van der Waals surface area contributed by atoms with Crippen molar-refractivity contribution in [2.75, 3.05) is 52.5 Å². The van der Waals surface area contributed by atoms with Crippen molar-refractivity contribution < 1.29 is 9.84 Å². The Morgan fingerprint density at radius 2 is 1.61 bits per heavy atom.